The van der Waals surface area contributed by atoms with E-state index in [2.05, 4.69) is 15.5 Å². The van der Waals surface area contributed by atoms with Crippen LogP contribution in [0.1, 0.15) is 10.6 Å². The Hall–Kier alpha value is -2.95. The molecule has 0 unspecified atom stereocenters. The van der Waals surface area contributed by atoms with Gasteiger partial charge in [0.25, 0.3) is 5.91 Å². The van der Waals surface area contributed by atoms with Gasteiger partial charge >= 0.3 is 0 Å². The maximum atomic E-state index is 12.0. The molecule has 0 aliphatic heterocycles. The highest BCUT2D eigenvalue weighted by Gasteiger charge is 2.14. The quantitative estimate of drug-likeness (QED) is 0.790. The number of carbonyl (C=O) groups excluding carboxylic acids is 1. The summed E-state index contributed by atoms with van der Waals surface area (Å²) in [6, 6.07) is 16.4. The zero-order chi connectivity index (χ0) is 13.8. The summed E-state index contributed by atoms with van der Waals surface area (Å²) in [4.78, 5) is 16.0. The highest BCUT2D eigenvalue weighted by atomic mass is 16.5. The van der Waals surface area contributed by atoms with Gasteiger partial charge in [0.2, 0.25) is 5.76 Å². The highest BCUT2D eigenvalue weighted by molar-refractivity contribution is 6.02. The Morgan fingerprint density at radius 1 is 1.05 bits per heavy atom. The lowest BCUT2D eigenvalue weighted by molar-refractivity contribution is 0.0987. The minimum absolute atomic E-state index is 0.148. The number of benzene rings is 1. The molecule has 1 amide bonds. The third-order valence-corrected chi connectivity index (χ3v) is 2.71. The average molecular weight is 265 g/mol. The Morgan fingerprint density at radius 2 is 1.85 bits per heavy atom. The van der Waals surface area contributed by atoms with Crippen LogP contribution in [0, 0.1) is 0 Å². The van der Waals surface area contributed by atoms with E-state index in [-0.39, 0.29) is 11.7 Å². The topological polar surface area (TPSA) is 68.0 Å². The van der Waals surface area contributed by atoms with Gasteiger partial charge in [0.05, 0.1) is 0 Å². The number of aromatic nitrogens is 2. The SMILES string of the molecule is O=C(Nc1ccccn1)c1cc(-c2ccccc2)no1. The van der Waals surface area contributed by atoms with Crippen molar-refractivity contribution in [2.45, 2.75) is 0 Å². The van der Waals surface area contributed by atoms with E-state index in [1.807, 2.05) is 30.3 Å². The fourth-order valence-corrected chi connectivity index (χ4v) is 1.74. The third kappa shape index (κ3) is 2.56. The minimum Gasteiger partial charge on any atom is -0.350 e. The van der Waals surface area contributed by atoms with Gasteiger partial charge in [0, 0.05) is 17.8 Å². The van der Waals surface area contributed by atoms with Crippen LogP contribution in [0.15, 0.2) is 65.3 Å². The van der Waals surface area contributed by atoms with Crippen molar-refractivity contribution in [2.24, 2.45) is 0 Å². The van der Waals surface area contributed by atoms with Crippen molar-refractivity contribution in [3.8, 4) is 11.3 Å². The number of hydrogen-bond donors (Lipinski definition) is 1. The summed E-state index contributed by atoms with van der Waals surface area (Å²) in [6.45, 7) is 0. The van der Waals surface area contributed by atoms with Crippen LogP contribution >= 0.6 is 0 Å². The molecular formula is C15H11N3O2. The normalized spacial score (nSPS) is 10.2. The molecule has 2 aromatic heterocycles. The molecule has 0 atom stereocenters. The number of carbonyl (C=O) groups is 1. The second-order valence-corrected chi connectivity index (χ2v) is 4.11. The number of rotatable bonds is 3. The molecule has 0 saturated heterocycles. The summed E-state index contributed by atoms with van der Waals surface area (Å²) in [5.74, 6) is 0.239. The first kappa shape index (κ1) is 12.1. The highest BCUT2D eigenvalue weighted by Crippen LogP contribution is 2.19. The van der Waals surface area contributed by atoms with Gasteiger partial charge in [0.15, 0.2) is 0 Å². The number of nitrogens with zero attached hydrogens (tertiary/aromatic N) is 2. The summed E-state index contributed by atoms with van der Waals surface area (Å²) in [7, 11) is 0. The Kier molecular flexibility index (Phi) is 3.24. The second-order valence-electron chi connectivity index (χ2n) is 4.11. The second kappa shape index (κ2) is 5.36. The van der Waals surface area contributed by atoms with E-state index < -0.39 is 0 Å². The van der Waals surface area contributed by atoms with Gasteiger partial charge in [-0.3, -0.25) is 4.79 Å². The lowest BCUT2D eigenvalue weighted by Crippen LogP contribution is -2.11. The zero-order valence-electron chi connectivity index (χ0n) is 10.5. The van der Waals surface area contributed by atoms with Gasteiger partial charge < -0.3 is 9.84 Å². The molecule has 1 aromatic carbocycles. The van der Waals surface area contributed by atoms with Gasteiger partial charge in [-0.2, -0.15) is 0 Å². The smallest absolute Gasteiger partial charge is 0.295 e. The predicted molar refractivity (Wildman–Crippen MR) is 74.1 cm³/mol. The molecule has 98 valence electrons. The van der Waals surface area contributed by atoms with Crippen LogP contribution in [0.5, 0.6) is 0 Å². The van der Waals surface area contributed by atoms with Crippen LogP contribution in [0.4, 0.5) is 5.82 Å². The van der Waals surface area contributed by atoms with Crippen molar-refractivity contribution in [3.63, 3.8) is 0 Å². The number of anilines is 1. The molecule has 3 aromatic rings. The molecule has 3 rings (SSSR count). The van der Waals surface area contributed by atoms with Crippen LogP contribution in [-0.4, -0.2) is 16.0 Å². The molecule has 0 radical (unpaired) electrons. The molecule has 0 fully saturated rings. The monoisotopic (exact) mass is 265 g/mol. The molecule has 2 heterocycles. The molecule has 1 N–H and O–H groups in total. The standard InChI is InChI=1S/C15H11N3O2/c19-15(17-14-8-4-5-9-16-14)13-10-12(18-20-13)11-6-2-1-3-7-11/h1-10H,(H,16,17,19). The molecule has 5 heteroatoms. The van der Waals surface area contributed by atoms with E-state index in [0.29, 0.717) is 11.5 Å². The summed E-state index contributed by atoms with van der Waals surface area (Å²) in [5, 5.41) is 6.53. The zero-order valence-corrected chi connectivity index (χ0v) is 10.5. The number of pyridine rings is 1. The Morgan fingerprint density at radius 3 is 2.60 bits per heavy atom. The van der Waals surface area contributed by atoms with E-state index in [9.17, 15) is 4.79 Å². The average Bonchev–Trinajstić information content (AvgIpc) is 2.99. The Balaban J connectivity index is 1.79. The first-order valence-corrected chi connectivity index (χ1v) is 6.07. The van der Waals surface area contributed by atoms with Crippen LogP contribution in [-0.2, 0) is 0 Å². The maximum Gasteiger partial charge on any atom is 0.295 e. The number of hydrogen-bond acceptors (Lipinski definition) is 4. The fourth-order valence-electron chi connectivity index (χ4n) is 1.74. The van der Waals surface area contributed by atoms with Crippen LogP contribution in [0.25, 0.3) is 11.3 Å². The van der Waals surface area contributed by atoms with E-state index in [4.69, 9.17) is 4.52 Å². The number of amides is 1. The van der Waals surface area contributed by atoms with Gasteiger partial charge in [-0.25, -0.2) is 4.98 Å². The molecule has 5 nitrogen and oxygen atoms in total. The Labute approximate surface area is 115 Å². The van der Waals surface area contributed by atoms with Gasteiger partial charge in [0.1, 0.15) is 11.5 Å². The molecule has 0 bridgehead atoms. The molecule has 0 aliphatic carbocycles. The molecule has 0 aliphatic rings. The molecule has 20 heavy (non-hydrogen) atoms. The van der Waals surface area contributed by atoms with Gasteiger partial charge in [-0.1, -0.05) is 41.6 Å². The lowest BCUT2D eigenvalue weighted by atomic mass is 10.1. The summed E-state index contributed by atoms with van der Waals surface area (Å²) in [5.41, 5.74) is 1.52. The first-order chi connectivity index (χ1) is 9.83. The van der Waals surface area contributed by atoms with Crippen LogP contribution in [0.3, 0.4) is 0 Å². The van der Waals surface area contributed by atoms with Gasteiger partial charge in [-0.15, -0.1) is 0 Å². The Bertz CT molecular complexity index is 708. The van der Waals surface area contributed by atoms with E-state index in [0.717, 1.165) is 5.56 Å². The van der Waals surface area contributed by atoms with Crippen molar-refractivity contribution >= 4 is 11.7 Å². The summed E-state index contributed by atoms with van der Waals surface area (Å²) in [6.07, 6.45) is 1.60. The summed E-state index contributed by atoms with van der Waals surface area (Å²) < 4.78 is 5.06. The van der Waals surface area contributed by atoms with Crippen molar-refractivity contribution in [2.75, 3.05) is 5.32 Å². The number of nitrogens with one attached hydrogen (secondary N) is 1. The largest absolute Gasteiger partial charge is 0.350 e. The van der Waals surface area contributed by atoms with E-state index in [1.54, 1.807) is 30.5 Å². The summed E-state index contributed by atoms with van der Waals surface area (Å²) >= 11 is 0. The van der Waals surface area contributed by atoms with E-state index in [1.165, 1.54) is 0 Å². The predicted octanol–water partition coefficient (Wildman–Crippen LogP) is 2.99. The molecular weight excluding hydrogens is 254 g/mol. The van der Waals surface area contributed by atoms with Crippen LogP contribution in [0.2, 0.25) is 0 Å². The molecule has 0 saturated carbocycles. The van der Waals surface area contributed by atoms with E-state index >= 15 is 0 Å². The van der Waals surface area contributed by atoms with Crippen molar-refractivity contribution in [3.05, 3.63) is 66.6 Å². The third-order valence-electron chi connectivity index (χ3n) is 2.71. The first-order valence-electron chi connectivity index (χ1n) is 6.07. The van der Waals surface area contributed by atoms with Crippen molar-refractivity contribution in [1.82, 2.24) is 10.1 Å². The minimum atomic E-state index is -0.376. The molecule has 0 spiro atoms. The lowest BCUT2D eigenvalue weighted by Gasteiger charge is -1.99. The fraction of sp³-hybridized carbons (Fsp3) is 0. The maximum absolute atomic E-state index is 12.0. The van der Waals surface area contributed by atoms with Crippen molar-refractivity contribution < 1.29 is 9.32 Å². The van der Waals surface area contributed by atoms with Gasteiger partial charge in [-0.05, 0) is 12.1 Å². The van der Waals surface area contributed by atoms with Crippen molar-refractivity contribution in [1.29, 1.82) is 0 Å². The van der Waals surface area contributed by atoms with Crippen LogP contribution < -0.4 is 5.32 Å².